The number of carbonyl (C=O) groups excluding carboxylic acids is 1. The Morgan fingerprint density at radius 2 is 2.03 bits per heavy atom. The molecule has 1 aliphatic carbocycles. The van der Waals surface area contributed by atoms with Crippen LogP contribution in [0, 0.1) is 16.7 Å². The molecule has 0 spiro atoms. The van der Waals surface area contributed by atoms with Crippen molar-refractivity contribution in [3.05, 3.63) is 47.3 Å². The zero-order valence-electron chi connectivity index (χ0n) is 21.2. The molecule has 2 aromatic rings. The van der Waals surface area contributed by atoms with E-state index in [9.17, 15) is 9.90 Å². The first-order chi connectivity index (χ1) is 16.4. The summed E-state index contributed by atoms with van der Waals surface area (Å²) in [5.41, 5.74) is 2.83. The molecule has 8 nitrogen and oxygen atoms in total. The van der Waals surface area contributed by atoms with Crippen LogP contribution >= 0.6 is 0 Å². The highest BCUT2D eigenvalue weighted by Gasteiger charge is 2.43. The van der Waals surface area contributed by atoms with Gasteiger partial charge in [-0.1, -0.05) is 19.9 Å². The van der Waals surface area contributed by atoms with Crippen molar-refractivity contribution < 1.29 is 14.6 Å². The summed E-state index contributed by atoms with van der Waals surface area (Å²) in [5, 5.41) is 22.0. The SMILES string of the molecule is CC1(C)CC=C(c2nc([C@@H]3CC(C)(C)O[C@](C)(CO)C3)ccc2NC(=O)c2nc(C#N)c[nH]2)CC1. The maximum atomic E-state index is 12.9. The fourth-order valence-corrected chi connectivity index (χ4v) is 5.26. The summed E-state index contributed by atoms with van der Waals surface area (Å²) in [4.78, 5) is 24.7. The van der Waals surface area contributed by atoms with Gasteiger partial charge < -0.3 is 20.1 Å². The van der Waals surface area contributed by atoms with E-state index >= 15 is 0 Å². The summed E-state index contributed by atoms with van der Waals surface area (Å²) < 4.78 is 6.19. The van der Waals surface area contributed by atoms with Crippen LogP contribution in [0.2, 0.25) is 0 Å². The quantitative estimate of drug-likeness (QED) is 0.560. The Morgan fingerprint density at radius 3 is 2.66 bits per heavy atom. The van der Waals surface area contributed by atoms with Crippen LogP contribution in [0.5, 0.6) is 0 Å². The number of aromatic nitrogens is 3. The number of anilines is 1. The Labute approximate surface area is 206 Å². The Balaban J connectivity index is 1.70. The number of aliphatic hydroxyl groups is 1. The number of imidazole rings is 1. The van der Waals surface area contributed by atoms with Gasteiger partial charge in [-0.25, -0.2) is 4.98 Å². The third kappa shape index (κ3) is 5.63. The van der Waals surface area contributed by atoms with E-state index in [2.05, 4.69) is 35.2 Å². The van der Waals surface area contributed by atoms with Gasteiger partial charge in [0.25, 0.3) is 5.91 Å². The van der Waals surface area contributed by atoms with Gasteiger partial charge >= 0.3 is 0 Å². The summed E-state index contributed by atoms with van der Waals surface area (Å²) in [6.45, 7) is 10.5. The summed E-state index contributed by atoms with van der Waals surface area (Å²) in [5.74, 6) is -0.220. The number of rotatable bonds is 5. The molecule has 1 saturated heterocycles. The van der Waals surface area contributed by atoms with E-state index in [-0.39, 0.29) is 35.1 Å². The van der Waals surface area contributed by atoms with Crippen LogP contribution in [-0.4, -0.2) is 43.8 Å². The number of nitrogens with one attached hydrogen (secondary N) is 2. The van der Waals surface area contributed by atoms with Gasteiger partial charge in [0.1, 0.15) is 6.07 Å². The number of carbonyl (C=O) groups is 1. The van der Waals surface area contributed by atoms with Gasteiger partial charge in [0.2, 0.25) is 0 Å². The summed E-state index contributed by atoms with van der Waals surface area (Å²) in [6.07, 6.45) is 7.95. The first-order valence-electron chi connectivity index (χ1n) is 12.2. The molecule has 3 N–H and O–H groups in total. The Hall–Kier alpha value is -3.02. The molecule has 0 aromatic carbocycles. The average molecular weight is 478 g/mol. The first kappa shape index (κ1) is 25.1. The largest absolute Gasteiger partial charge is 0.393 e. The maximum Gasteiger partial charge on any atom is 0.291 e. The van der Waals surface area contributed by atoms with Gasteiger partial charge in [0, 0.05) is 17.8 Å². The smallest absolute Gasteiger partial charge is 0.291 e. The van der Waals surface area contributed by atoms with Crippen molar-refractivity contribution in [2.45, 2.75) is 83.8 Å². The van der Waals surface area contributed by atoms with Crippen LogP contribution in [0.25, 0.3) is 5.57 Å². The van der Waals surface area contributed by atoms with E-state index in [0.29, 0.717) is 12.1 Å². The molecule has 0 unspecified atom stereocenters. The lowest BCUT2D eigenvalue weighted by Gasteiger charge is -2.46. The molecule has 4 rings (SSSR count). The summed E-state index contributed by atoms with van der Waals surface area (Å²) in [6, 6.07) is 5.79. The van der Waals surface area contributed by atoms with Crippen LogP contribution in [-0.2, 0) is 4.74 Å². The normalized spacial score (nSPS) is 25.4. The number of ether oxygens (including phenoxy) is 1. The number of nitrogens with zero attached hydrogens (tertiary/aromatic N) is 3. The fourth-order valence-electron chi connectivity index (χ4n) is 5.26. The highest BCUT2D eigenvalue weighted by atomic mass is 16.5. The topological polar surface area (TPSA) is 124 Å². The lowest BCUT2D eigenvalue weighted by molar-refractivity contribution is -0.187. The van der Waals surface area contributed by atoms with Crippen LogP contribution < -0.4 is 5.32 Å². The number of H-pyrrole nitrogens is 1. The maximum absolute atomic E-state index is 12.9. The number of pyridine rings is 1. The van der Waals surface area contributed by atoms with Gasteiger partial charge in [-0.05, 0) is 76.0 Å². The Bertz CT molecular complexity index is 1190. The molecule has 1 amide bonds. The highest BCUT2D eigenvalue weighted by Crippen LogP contribution is 2.44. The van der Waals surface area contributed by atoms with Crippen LogP contribution in [0.1, 0.15) is 100 Å². The molecule has 8 heteroatoms. The monoisotopic (exact) mass is 477 g/mol. The molecule has 2 atom stereocenters. The van der Waals surface area contributed by atoms with Gasteiger partial charge in [0.15, 0.2) is 11.5 Å². The number of hydrogen-bond donors (Lipinski definition) is 3. The molecule has 3 heterocycles. The minimum atomic E-state index is -0.632. The molecule has 1 fully saturated rings. The number of hydrogen-bond acceptors (Lipinski definition) is 6. The van der Waals surface area contributed by atoms with Gasteiger partial charge in [-0.15, -0.1) is 0 Å². The number of nitriles is 1. The number of aliphatic hydroxyl groups excluding tert-OH is 1. The van der Waals surface area contributed by atoms with E-state index in [0.717, 1.165) is 42.6 Å². The number of amides is 1. The molecular weight excluding hydrogens is 442 g/mol. The van der Waals surface area contributed by atoms with E-state index in [4.69, 9.17) is 15.0 Å². The second kappa shape index (κ2) is 9.21. The molecule has 2 aromatic heterocycles. The molecule has 2 aliphatic rings. The minimum Gasteiger partial charge on any atom is -0.393 e. The van der Waals surface area contributed by atoms with Crippen molar-refractivity contribution in [1.29, 1.82) is 5.26 Å². The van der Waals surface area contributed by atoms with Crippen molar-refractivity contribution in [3.8, 4) is 6.07 Å². The van der Waals surface area contributed by atoms with Crippen molar-refractivity contribution in [3.63, 3.8) is 0 Å². The molecule has 0 saturated carbocycles. The van der Waals surface area contributed by atoms with E-state index < -0.39 is 11.5 Å². The second-order valence-corrected chi connectivity index (χ2v) is 11.5. The second-order valence-electron chi connectivity index (χ2n) is 11.5. The number of aromatic amines is 1. The Morgan fingerprint density at radius 1 is 1.26 bits per heavy atom. The molecule has 1 aliphatic heterocycles. The third-order valence-corrected chi connectivity index (χ3v) is 7.04. The summed E-state index contributed by atoms with van der Waals surface area (Å²) >= 11 is 0. The molecule has 0 radical (unpaired) electrons. The zero-order valence-corrected chi connectivity index (χ0v) is 21.2. The van der Waals surface area contributed by atoms with Crippen molar-refractivity contribution >= 4 is 17.2 Å². The predicted octanol–water partition coefficient (Wildman–Crippen LogP) is 4.95. The van der Waals surface area contributed by atoms with Gasteiger partial charge in [-0.2, -0.15) is 5.26 Å². The van der Waals surface area contributed by atoms with E-state index in [1.165, 1.54) is 6.20 Å². The van der Waals surface area contributed by atoms with Crippen molar-refractivity contribution in [1.82, 2.24) is 15.0 Å². The van der Waals surface area contributed by atoms with Crippen LogP contribution in [0.4, 0.5) is 5.69 Å². The highest BCUT2D eigenvalue weighted by molar-refractivity contribution is 6.03. The average Bonchev–Trinajstić information content (AvgIpc) is 3.28. The number of allylic oxidation sites excluding steroid dienone is 2. The third-order valence-electron chi connectivity index (χ3n) is 7.04. The lowest BCUT2D eigenvalue weighted by Crippen LogP contribution is -2.48. The van der Waals surface area contributed by atoms with Gasteiger partial charge in [-0.3, -0.25) is 9.78 Å². The standard InChI is InChI=1S/C27H35N5O3/c1-25(2)10-8-17(9-11-25)22-21(32-24(34)23-29-15-19(14-28)30-23)7-6-20(31-22)18-12-26(3,4)35-27(5,13-18)16-33/h6-8,15,18,33H,9-13,16H2,1-5H3,(H,29,30)(H,32,34)/t18-,27+/m1/s1. The predicted molar refractivity (Wildman–Crippen MR) is 134 cm³/mol. The molecule has 186 valence electrons. The van der Waals surface area contributed by atoms with E-state index in [1.807, 2.05) is 39.0 Å². The molecule has 0 bridgehead atoms. The van der Waals surface area contributed by atoms with Crippen LogP contribution in [0.3, 0.4) is 0 Å². The van der Waals surface area contributed by atoms with Gasteiger partial charge in [0.05, 0.1) is 29.2 Å². The fraction of sp³-hybridized carbons (Fsp3) is 0.556. The zero-order chi connectivity index (χ0) is 25.4. The minimum absolute atomic E-state index is 0.0536. The van der Waals surface area contributed by atoms with Crippen molar-refractivity contribution in [2.75, 3.05) is 11.9 Å². The van der Waals surface area contributed by atoms with Crippen LogP contribution in [0.15, 0.2) is 24.4 Å². The van der Waals surface area contributed by atoms with Crippen molar-refractivity contribution in [2.24, 2.45) is 5.41 Å². The summed E-state index contributed by atoms with van der Waals surface area (Å²) in [7, 11) is 0. The first-order valence-corrected chi connectivity index (χ1v) is 12.2. The van der Waals surface area contributed by atoms with E-state index in [1.54, 1.807) is 0 Å². The molecular formula is C27H35N5O3. The Kier molecular flexibility index (Phi) is 6.60. The molecule has 35 heavy (non-hydrogen) atoms. The lowest BCUT2D eigenvalue weighted by atomic mass is 9.77.